The van der Waals surface area contributed by atoms with Crippen LogP contribution in [0, 0.1) is 5.82 Å². The Labute approximate surface area is 128 Å². The lowest BCUT2D eigenvalue weighted by molar-refractivity contribution is -0.124. The molecule has 0 bridgehead atoms. The third-order valence-corrected chi connectivity index (χ3v) is 3.95. The van der Waals surface area contributed by atoms with Gasteiger partial charge in [-0.05, 0) is 43.9 Å². The molecule has 5 nitrogen and oxygen atoms in total. The molecule has 2 aliphatic rings. The number of ether oxygens (including phenoxy) is 1. The van der Waals surface area contributed by atoms with Crippen LogP contribution < -0.4 is 10.2 Å². The van der Waals surface area contributed by atoms with E-state index >= 15 is 0 Å². The first-order valence-electron chi connectivity index (χ1n) is 7.58. The van der Waals surface area contributed by atoms with Crippen LogP contribution in [0.4, 0.5) is 15.8 Å². The summed E-state index contributed by atoms with van der Waals surface area (Å²) in [5, 5.41) is 2.71. The van der Waals surface area contributed by atoms with E-state index in [-0.39, 0.29) is 17.9 Å². The van der Waals surface area contributed by atoms with Gasteiger partial charge in [-0.15, -0.1) is 0 Å². The monoisotopic (exact) mass is 306 g/mol. The van der Waals surface area contributed by atoms with Crippen molar-refractivity contribution in [2.24, 2.45) is 0 Å². The number of carbonyl (C=O) groups is 2. The van der Waals surface area contributed by atoms with E-state index in [2.05, 4.69) is 5.32 Å². The number of anilines is 2. The first-order chi connectivity index (χ1) is 10.6. The Morgan fingerprint density at radius 1 is 1.32 bits per heavy atom. The van der Waals surface area contributed by atoms with Gasteiger partial charge in [-0.3, -0.25) is 9.59 Å². The van der Waals surface area contributed by atoms with Crippen LogP contribution in [0.15, 0.2) is 18.2 Å². The van der Waals surface area contributed by atoms with Crippen LogP contribution >= 0.6 is 0 Å². The quantitative estimate of drug-likeness (QED) is 0.929. The van der Waals surface area contributed by atoms with Crippen molar-refractivity contribution in [3.05, 3.63) is 24.0 Å². The summed E-state index contributed by atoms with van der Waals surface area (Å²) in [6.07, 6.45) is 2.86. The third kappa shape index (κ3) is 3.11. The van der Waals surface area contributed by atoms with Crippen molar-refractivity contribution in [3.63, 3.8) is 0 Å². The predicted octanol–water partition coefficient (Wildman–Crippen LogP) is 2.46. The zero-order chi connectivity index (χ0) is 15.7. The number of hydrogen-bond acceptors (Lipinski definition) is 3. The summed E-state index contributed by atoms with van der Waals surface area (Å²) < 4.78 is 18.9. The Hall–Kier alpha value is -1.95. The Morgan fingerprint density at radius 3 is 2.68 bits per heavy atom. The molecule has 2 fully saturated rings. The number of carbonyl (C=O) groups excluding carboxylic acids is 2. The Kier molecular flexibility index (Phi) is 4.11. The van der Waals surface area contributed by atoms with Crippen LogP contribution in [0.1, 0.15) is 32.6 Å². The molecular weight excluding hydrogens is 287 g/mol. The largest absolute Gasteiger partial charge is 0.368 e. The minimum Gasteiger partial charge on any atom is -0.368 e. The molecule has 22 heavy (non-hydrogen) atoms. The van der Waals surface area contributed by atoms with Gasteiger partial charge in [-0.2, -0.15) is 0 Å². The summed E-state index contributed by atoms with van der Waals surface area (Å²) in [7, 11) is 0. The van der Waals surface area contributed by atoms with E-state index in [9.17, 15) is 14.0 Å². The molecule has 0 spiro atoms. The second-order valence-electron chi connectivity index (χ2n) is 5.77. The number of hydrogen-bond donors (Lipinski definition) is 1. The summed E-state index contributed by atoms with van der Waals surface area (Å²) in [5.41, 5.74) is 0.866. The molecular formula is C16H19FN2O3. The molecule has 6 heteroatoms. The van der Waals surface area contributed by atoms with Gasteiger partial charge >= 0.3 is 0 Å². The highest BCUT2D eigenvalue weighted by molar-refractivity contribution is 6.02. The van der Waals surface area contributed by atoms with Gasteiger partial charge in [0.1, 0.15) is 11.9 Å². The average molecular weight is 306 g/mol. The second kappa shape index (κ2) is 6.04. The summed E-state index contributed by atoms with van der Waals surface area (Å²) in [4.78, 5) is 25.7. The van der Waals surface area contributed by atoms with Gasteiger partial charge in [0.05, 0.1) is 11.4 Å². The molecule has 1 aliphatic carbocycles. The van der Waals surface area contributed by atoms with E-state index in [0.29, 0.717) is 24.4 Å². The molecule has 1 aliphatic heterocycles. The van der Waals surface area contributed by atoms with Crippen LogP contribution in [-0.4, -0.2) is 30.6 Å². The predicted molar refractivity (Wildman–Crippen MR) is 80.2 cm³/mol. The summed E-state index contributed by atoms with van der Waals surface area (Å²) in [5.74, 6) is -0.851. The highest BCUT2D eigenvalue weighted by atomic mass is 19.1. The Morgan fingerprint density at radius 2 is 2.09 bits per heavy atom. The summed E-state index contributed by atoms with van der Waals surface area (Å²) >= 11 is 0. The number of rotatable bonds is 4. The van der Waals surface area contributed by atoms with Gasteiger partial charge in [0.15, 0.2) is 0 Å². The van der Waals surface area contributed by atoms with E-state index in [0.717, 1.165) is 19.3 Å². The van der Waals surface area contributed by atoms with Gasteiger partial charge in [0, 0.05) is 19.6 Å². The van der Waals surface area contributed by atoms with Crippen LogP contribution in [0.5, 0.6) is 0 Å². The minimum atomic E-state index is -0.497. The fourth-order valence-electron chi connectivity index (χ4n) is 2.77. The Bertz CT molecular complexity index is 595. The van der Waals surface area contributed by atoms with Gasteiger partial charge in [-0.1, -0.05) is 0 Å². The normalized spacial score (nSPS) is 20.7. The maximum absolute atomic E-state index is 13.6. The Balaban J connectivity index is 1.86. The van der Waals surface area contributed by atoms with Crippen molar-refractivity contribution in [2.45, 2.75) is 44.8 Å². The lowest BCUT2D eigenvalue weighted by Gasteiger charge is -2.24. The molecule has 2 amide bonds. The van der Waals surface area contributed by atoms with Gasteiger partial charge < -0.3 is 15.0 Å². The SMILES string of the molecule is CC(=O)N(c1ccc(F)cc1NC(=O)C1CCCO1)C1CC1. The van der Waals surface area contributed by atoms with Crippen LogP contribution in [0.2, 0.25) is 0 Å². The first-order valence-corrected chi connectivity index (χ1v) is 7.58. The van der Waals surface area contributed by atoms with Gasteiger partial charge in [0.2, 0.25) is 5.91 Å². The molecule has 0 aromatic heterocycles. The van der Waals surface area contributed by atoms with Crippen molar-refractivity contribution in [1.29, 1.82) is 0 Å². The number of nitrogens with one attached hydrogen (secondary N) is 1. The number of benzene rings is 1. The van der Waals surface area contributed by atoms with Crippen LogP contribution in [0.3, 0.4) is 0 Å². The average Bonchev–Trinajstić information content (AvgIpc) is 3.13. The van der Waals surface area contributed by atoms with Crippen LogP contribution in [-0.2, 0) is 14.3 Å². The first kappa shape index (κ1) is 15.0. The zero-order valence-corrected chi connectivity index (χ0v) is 12.5. The van der Waals surface area contributed by atoms with Crippen molar-refractivity contribution < 1.29 is 18.7 Å². The standard InChI is InChI=1S/C16H19FN2O3/c1-10(20)19(12-5-6-12)14-7-4-11(17)9-13(14)18-16(21)15-3-2-8-22-15/h4,7,9,12,15H,2-3,5-6,8H2,1H3,(H,18,21). The molecule has 3 rings (SSSR count). The van der Waals surface area contributed by atoms with E-state index in [1.807, 2.05) is 0 Å². The maximum Gasteiger partial charge on any atom is 0.253 e. The fourth-order valence-corrected chi connectivity index (χ4v) is 2.77. The van der Waals surface area contributed by atoms with E-state index in [1.54, 1.807) is 11.0 Å². The molecule has 1 heterocycles. The molecule has 1 aromatic carbocycles. The van der Waals surface area contributed by atoms with E-state index in [4.69, 9.17) is 4.74 Å². The molecule has 1 saturated heterocycles. The maximum atomic E-state index is 13.6. The molecule has 0 radical (unpaired) electrons. The molecule has 1 saturated carbocycles. The molecule has 1 aromatic rings. The lowest BCUT2D eigenvalue weighted by atomic mass is 10.2. The van der Waals surface area contributed by atoms with Gasteiger partial charge in [0.25, 0.3) is 5.91 Å². The van der Waals surface area contributed by atoms with Crippen LogP contribution in [0.25, 0.3) is 0 Å². The topological polar surface area (TPSA) is 58.6 Å². The highest BCUT2D eigenvalue weighted by Gasteiger charge is 2.34. The van der Waals surface area contributed by atoms with E-state index < -0.39 is 11.9 Å². The minimum absolute atomic E-state index is 0.110. The van der Waals surface area contributed by atoms with Crippen molar-refractivity contribution in [2.75, 3.05) is 16.8 Å². The molecule has 1 unspecified atom stereocenters. The summed E-state index contributed by atoms with van der Waals surface area (Å²) in [6, 6.07) is 4.23. The zero-order valence-electron chi connectivity index (χ0n) is 12.5. The van der Waals surface area contributed by atoms with Crippen molar-refractivity contribution >= 4 is 23.2 Å². The fraction of sp³-hybridized carbons (Fsp3) is 0.500. The van der Waals surface area contributed by atoms with Crippen molar-refractivity contribution in [1.82, 2.24) is 0 Å². The third-order valence-electron chi connectivity index (χ3n) is 3.95. The smallest absolute Gasteiger partial charge is 0.253 e. The van der Waals surface area contributed by atoms with Gasteiger partial charge in [-0.25, -0.2) is 4.39 Å². The van der Waals surface area contributed by atoms with Crippen molar-refractivity contribution in [3.8, 4) is 0 Å². The number of amides is 2. The van der Waals surface area contributed by atoms with E-state index in [1.165, 1.54) is 19.1 Å². The molecule has 1 N–H and O–H groups in total. The molecule has 118 valence electrons. The number of nitrogens with zero attached hydrogens (tertiary/aromatic N) is 1. The number of halogens is 1. The highest BCUT2D eigenvalue weighted by Crippen LogP contribution is 2.36. The summed E-state index contributed by atoms with van der Waals surface area (Å²) in [6.45, 7) is 2.04. The molecule has 1 atom stereocenters. The lowest BCUT2D eigenvalue weighted by Crippen LogP contribution is -2.33. The second-order valence-corrected chi connectivity index (χ2v) is 5.77.